The van der Waals surface area contributed by atoms with Crippen LogP contribution >= 0.6 is 0 Å². The molecule has 3 rings (SSSR count). The average molecular weight is 395 g/mol. The van der Waals surface area contributed by atoms with Crippen molar-refractivity contribution in [3.8, 4) is 5.75 Å². The highest BCUT2D eigenvalue weighted by Crippen LogP contribution is 2.38. The SMILES string of the molecule is CC(C)(C)[Si](C)(C)Oc1ccc([C@H]2CCCN3CCS(=O)(=O)N=C23)cc1. The van der Waals surface area contributed by atoms with E-state index in [4.69, 9.17) is 4.43 Å². The molecule has 0 saturated carbocycles. The van der Waals surface area contributed by atoms with E-state index in [0.717, 1.165) is 36.5 Å². The van der Waals surface area contributed by atoms with Crippen LogP contribution in [0.25, 0.3) is 0 Å². The van der Waals surface area contributed by atoms with Crippen molar-refractivity contribution in [2.24, 2.45) is 4.40 Å². The summed E-state index contributed by atoms with van der Waals surface area (Å²) in [4.78, 5) is 2.13. The van der Waals surface area contributed by atoms with E-state index in [0.29, 0.717) is 6.54 Å². The minimum absolute atomic E-state index is 0.0562. The van der Waals surface area contributed by atoms with Gasteiger partial charge in [-0.05, 0) is 48.7 Å². The zero-order chi connectivity index (χ0) is 19.2. The van der Waals surface area contributed by atoms with Crippen LogP contribution < -0.4 is 4.43 Å². The van der Waals surface area contributed by atoms with E-state index in [1.807, 2.05) is 12.1 Å². The molecule has 5 nitrogen and oxygen atoms in total. The Kier molecular flexibility index (Phi) is 4.98. The highest BCUT2D eigenvalue weighted by molar-refractivity contribution is 7.90. The molecule has 2 aliphatic heterocycles. The first-order valence-corrected chi connectivity index (χ1v) is 13.9. The molecule has 1 aromatic rings. The normalized spacial score (nSPS) is 23.2. The van der Waals surface area contributed by atoms with Crippen molar-refractivity contribution in [3.05, 3.63) is 29.8 Å². The van der Waals surface area contributed by atoms with Gasteiger partial charge in [0.15, 0.2) is 0 Å². The van der Waals surface area contributed by atoms with Crippen LogP contribution in [0.3, 0.4) is 0 Å². The molecule has 2 heterocycles. The monoisotopic (exact) mass is 394 g/mol. The number of hydrogen-bond acceptors (Lipinski definition) is 4. The Bertz CT molecular complexity index is 795. The molecule has 0 amide bonds. The fraction of sp³-hybridized carbons (Fsp3) is 0.632. The summed E-state index contributed by atoms with van der Waals surface area (Å²) in [6.45, 7) is 12.6. The van der Waals surface area contributed by atoms with Crippen molar-refractivity contribution in [1.82, 2.24) is 4.90 Å². The van der Waals surface area contributed by atoms with Crippen LogP contribution in [0.1, 0.15) is 45.1 Å². The van der Waals surface area contributed by atoms with Gasteiger partial charge >= 0.3 is 0 Å². The zero-order valence-corrected chi connectivity index (χ0v) is 18.3. The van der Waals surface area contributed by atoms with Crippen molar-refractivity contribution < 1.29 is 12.8 Å². The van der Waals surface area contributed by atoms with E-state index in [9.17, 15) is 8.42 Å². The molecule has 0 unspecified atom stereocenters. The molecular weight excluding hydrogens is 364 g/mol. The van der Waals surface area contributed by atoms with Gasteiger partial charge in [-0.25, -0.2) is 8.42 Å². The largest absolute Gasteiger partial charge is 0.544 e. The number of sulfonamides is 1. The van der Waals surface area contributed by atoms with Gasteiger partial charge in [-0.2, -0.15) is 0 Å². The second-order valence-electron chi connectivity index (χ2n) is 8.85. The number of amidine groups is 1. The molecule has 1 saturated heterocycles. The van der Waals surface area contributed by atoms with Crippen LogP contribution in [-0.2, 0) is 10.0 Å². The summed E-state index contributed by atoms with van der Waals surface area (Å²) >= 11 is 0. The van der Waals surface area contributed by atoms with Crippen molar-refractivity contribution in [1.29, 1.82) is 0 Å². The number of benzene rings is 1. The topological polar surface area (TPSA) is 59.0 Å². The molecule has 26 heavy (non-hydrogen) atoms. The van der Waals surface area contributed by atoms with Gasteiger partial charge in [-0.15, -0.1) is 4.40 Å². The van der Waals surface area contributed by atoms with E-state index in [1.165, 1.54) is 0 Å². The van der Waals surface area contributed by atoms with Gasteiger partial charge in [0.05, 0.1) is 5.75 Å². The summed E-state index contributed by atoms with van der Waals surface area (Å²) in [5.41, 5.74) is 1.12. The molecule has 0 spiro atoms. The molecule has 2 aliphatic rings. The van der Waals surface area contributed by atoms with Gasteiger partial charge in [-0.3, -0.25) is 0 Å². The Labute approximate surface area is 158 Å². The van der Waals surface area contributed by atoms with E-state index in [-0.39, 0.29) is 16.7 Å². The third-order valence-corrected chi connectivity index (χ3v) is 11.4. The van der Waals surface area contributed by atoms with E-state index >= 15 is 0 Å². The highest BCUT2D eigenvalue weighted by Gasteiger charge is 2.39. The van der Waals surface area contributed by atoms with Gasteiger partial charge in [0.25, 0.3) is 10.0 Å². The molecular formula is C19H30N2O3SSi. The number of piperidine rings is 1. The molecule has 0 bridgehead atoms. The van der Waals surface area contributed by atoms with Gasteiger partial charge in [0.1, 0.15) is 11.6 Å². The van der Waals surface area contributed by atoms with E-state index in [2.05, 4.69) is 55.3 Å². The smallest absolute Gasteiger partial charge is 0.256 e. The molecule has 0 aromatic heterocycles. The third-order valence-electron chi connectivity index (χ3n) is 5.87. The summed E-state index contributed by atoms with van der Waals surface area (Å²) in [5, 5.41) is 0.154. The van der Waals surface area contributed by atoms with Crippen LogP contribution in [0.4, 0.5) is 0 Å². The summed E-state index contributed by atoms with van der Waals surface area (Å²) in [6.07, 6.45) is 2.00. The number of nitrogens with zero attached hydrogens (tertiary/aromatic N) is 2. The van der Waals surface area contributed by atoms with Crippen LogP contribution in [0, 0.1) is 0 Å². The van der Waals surface area contributed by atoms with E-state index < -0.39 is 18.3 Å². The lowest BCUT2D eigenvalue weighted by molar-refractivity contribution is 0.366. The predicted molar refractivity (Wildman–Crippen MR) is 109 cm³/mol. The second kappa shape index (κ2) is 6.67. The Morgan fingerprint density at radius 1 is 1.15 bits per heavy atom. The first-order chi connectivity index (χ1) is 12.0. The number of fused-ring (bicyclic) bond motifs is 1. The van der Waals surface area contributed by atoms with Gasteiger partial charge in [-0.1, -0.05) is 32.9 Å². The third kappa shape index (κ3) is 3.98. The Morgan fingerprint density at radius 2 is 1.81 bits per heavy atom. The lowest BCUT2D eigenvalue weighted by atomic mass is 9.89. The standard InChI is InChI=1S/C19H30N2O3SSi/c1-19(2,3)26(4,5)24-16-10-8-15(9-11-16)17-7-6-12-21-13-14-25(22,23)20-18(17)21/h8-11,17H,6-7,12-14H2,1-5H3/t17-/m1/s1. The number of rotatable bonds is 3. The minimum atomic E-state index is -3.32. The van der Waals surface area contributed by atoms with Crippen molar-refractivity contribution in [3.63, 3.8) is 0 Å². The number of hydrogen-bond donors (Lipinski definition) is 0. The predicted octanol–water partition coefficient (Wildman–Crippen LogP) is 3.99. The maximum atomic E-state index is 12.0. The molecule has 0 aliphatic carbocycles. The van der Waals surface area contributed by atoms with E-state index in [1.54, 1.807) is 0 Å². The van der Waals surface area contributed by atoms with Crippen LogP contribution in [0.2, 0.25) is 18.1 Å². The Morgan fingerprint density at radius 3 is 2.42 bits per heavy atom. The lowest BCUT2D eigenvalue weighted by Crippen LogP contribution is -2.46. The fourth-order valence-corrected chi connectivity index (χ4v) is 5.34. The zero-order valence-electron chi connectivity index (χ0n) is 16.4. The first kappa shape index (κ1) is 19.4. The first-order valence-electron chi connectivity index (χ1n) is 9.35. The van der Waals surface area contributed by atoms with Crippen LogP contribution in [-0.4, -0.2) is 46.3 Å². The van der Waals surface area contributed by atoms with Gasteiger partial charge in [0.2, 0.25) is 8.32 Å². The van der Waals surface area contributed by atoms with Crippen LogP contribution in [0.15, 0.2) is 28.7 Å². The lowest BCUT2D eigenvalue weighted by Gasteiger charge is -2.38. The van der Waals surface area contributed by atoms with Gasteiger partial charge < -0.3 is 9.33 Å². The summed E-state index contributed by atoms with van der Waals surface area (Å²) < 4.78 is 34.4. The van der Waals surface area contributed by atoms with Crippen molar-refractivity contribution >= 4 is 24.2 Å². The molecule has 0 radical (unpaired) electrons. The maximum Gasteiger partial charge on any atom is 0.256 e. The average Bonchev–Trinajstić information content (AvgIpc) is 2.53. The Balaban J connectivity index is 1.83. The summed E-state index contributed by atoms with van der Waals surface area (Å²) in [6, 6.07) is 8.18. The molecule has 0 N–H and O–H groups in total. The molecule has 1 atom stereocenters. The highest BCUT2D eigenvalue weighted by atomic mass is 32.2. The quantitative estimate of drug-likeness (QED) is 0.727. The molecule has 1 fully saturated rings. The molecule has 7 heteroatoms. The molecule has 144 valence electrons. The van der Waals surface area contributed by atoms with Gasteiger partial charge in [0, 0.05) is 19.0 Å². The summed E-state index contributed by atoms with van der Waals surface area (Å²) in [7, 11) is -5.18. The fourth-order valence-electron chi connectivity index (χ4n) is 3.24. The summed E-state index contributed by atoms with van der Waals surface area (Å²) in [5.74, 6) is 1.80. The molecule has 1 aromatic carbocycles. The second-order valence-corrected chi connectivity index (χ2v) is 15.3. The Hall–Kier alpha value is -1.34. The van der Waals surface area contributed by atoms with Crippen LogP contribution in [0.5, 0.6) is 5.75 Å². The minimum Gasteiger partial charge on any atom is -0.544 e. The maximum absolute atomic E-state index is 12.0. The van der Waals surface area contributed by atoms with Crippen molar-refractivity contribution in [2.45, 2.75) is 57.7 Å². The van der Waals surface area contributed by atoms with Crippen molar-refractivity contribution in [2.75, 3.05) is 18.8 Å².